The van der Waals surface area contributed by atoms with Gasteiger partial charge in [0.25, 0.3) is 5.91 Å². The fourth-order valence-corrected chi connectivity index (χ4v) is 3.81. The molecule has 0 radical (unpaired) electrons. The summed E-state index contributed by atoms with van der Waals surface area (Å²) in [5.74, 6) is 0.101. The number of nitrogens with zero attached hydrogens (tertiary/aromatic N) is 3. The second-order valence-corrected chi connectivity index (χ2v) is 6.62. The van der Waals surface area contributed by atoms with Crippen molar-refractivity contribution in [2.75, 3.05) is 0 Å². The number of aryl methyl sites for hydroxylation is 1. The Morgan fingerprint density at radius 1 is 1.22 bits per heavy atom. The highest BCUT2D eigenvalue weighted by Gasteiger charge is 2.43. The Hall–Kier alpha value is -1.98. The van der Waals surface area contributed by atoms with Crippen molar-refractivity contribution in [2.24, 2.45) is 0 Å². The molecule has 2 bridgehead atoms. The predicted molar refractivity (Wildman–Crippen MR) is 85.8 cm³/mol. The van der Waals surface area contributed by atoms with Crippen molar-refractivity contribution in [3.8, 4) is 0 Å². The van der Waals surface area contributed by atoms with E-state index in [1.165, 1.54) is 6.20 Å². The first-order valence-electron chi connectivity index (χ1n) is 8.49. The van der Waals surface area contributed by atoms with Gasteiger partial charge in [-0.3, -0.25) is 14.6 Å². The average Bonchev–Trinajstić information content (AvgIpc) is 2.79. The Kier molecular flexibility index (Phi) is 4.59. The summed E-state index contributed by atoms with van der Waals surface area (Å²) in [6.45, 7) is 3.88. The minimum Gasteiger partial charge on any atom is -0.348 e. The normalized spacial score (nSPS) is 26.2. The van der Waals surface area contributed by atoms with Gasteiger partial charge in [0.15, 0.2) is 0 Å². The summed E-state index contributed by atoms with van der Waals surface area (Å²) in [5.41, 5.74) is 1.15. The molecule has 1 N–H and O–H groups in total. The molecule has 2 amide bonds. The monoisotopic (exact) mass is 316 g/mol. The van der Waals surface area contributed by atoms with Gasteiger partial charge >= 0.3 is 0 Å². The van der Waals surface area contributed by atoms with Crippen LogP contribution in [0.4, 0.5) is 0 Å². The van der Waals surface area contributed by atoms with Crippen LogP contribution in [0.3, 0.4) is 0 Å². The van der Waals surface area contributed by atoms with Crippen LogP contribution < -0.4 is 5.32 Å². The number of carbonyl (C=O) groups is 2. The summed E-state index contributed by atoms with van der Waals surface area (Å²) >= 11 is 0. The van der Waals surface area contributed by atoms with E-state index < -0.39 is 0 Å². The average molecular weight is 316 g/mol. The molecule has 0 aromatic carbocycles. The molecule has 6 nitrogen and oxygen atoms in total. The lowest BCUT2D eigenvalue weighted by atomic mass is 9.96. The molecule has 124 valence electrons. The van der Waals surface area contributed by atoms with Crippen LogP contribution in [0.15, 0.2) is 12.4 Å². The molecule has 6 heteroatoms. The highest BCUT2D eigenvalue weighted by Crippen LogP contribution is 2.36. The Morgan fingerprint density at radius 2 is 1.91 bits per heavy atom. The third-order valence-corrected chi connectivity index (χ3v) is 4.83. The fraction of sp³-hybridized carbons (Fsp3) is 0.647. The molecule has 1 aromatic heterocycles. The molecular formula is C17H24N4O2. The molecule has 2 fully saturated rings. The number of fused-ring (bicyclic) bond motifs is 2. The van der Waals surface area contributed by atoms with E-state index in [1.807, 2.05) is 13.8 Å². The van der Waals surface area contributed by atoms with Crippen molar-refractivity contribution in [1.29, 1.82) is 0 Å². The van der Waals surface area contributed by atoms with Crippen LogP contribution in [0, 0.1) is 6.92 Å². The summed E-state index contributed by atoms with van der Waals surface area (Å²) in [4.78, 5) is 34.9. The molecule has 2 aliphatic heterocycles. The summed E-state index contributed by atoms with van der Waals surface area (Å²) in [5, 5.41) is 3.07. The van der Waals surface area contributed by atoms with Gasteiger partial charge in [0.1, 0.15) is 5.69 Å². The summed E-state index contributed by atoms with van der Waals surface area (Å²) in [7, 11) is 0. The van der Waals surface area contributed by atoms with E-state index in [-0.39, 0.29) is 29.9 Å². The van der Waals surface area contributed by atoms with Gasteiger partial charge in [-0.2, -0.15) is 0 Å². The van der Waals surface area contributed by atoms with Crippen LogP contribution in [-0.4, -0.2) is 44.8 Å². The molecule has 2 unspecified atom stereocenters. The predicted octanol–water partition coefficient (Wildman–Crippen LogP) is 1.84. The molecule has 2 aliphatic rings. The lowest BCUT2D eigenvalue weighted by Crippen LogP contribution is -2.52. The Labute approximate surface area is 136 Å². The van der Waals surface area contributed by atoms with Gasteiger partial charge in [-0.15, -0.1) is 0 Å². The summed E-state index contributed by atoms with van der Waals surface area (Å²) in [6, 6.07) is 0.679. The van der Waals surface area contributed by atoms with Gasteiger partial charge in [-0.05, 0) is 39.0 Å². The van der Waals surface area contributed by atoms with E-state index in [9.17, 15) is 9.59 Å². The topological polar surface area (TPSA) is 75.2 Å². The van der Waals surface area contributed by atoms with Crippen molar-refractivity contribution >= 4 is 11.8 Å². The molecule has 3 heterocycles. The third kappa shape index (κ3) is 3.35. The van der Waals surface area contributed by atoms with Crippen molar-refractivity contribution in [3.63, 3.8) is 0 Å². The van der Waals surface area contributed by atoms with Gasteiger partial charge in [0.05, 0.1) is 11.9 Å². The third-order valence-electron chi connectivity index (χ3n) is 4.83. The SMILES string of the molecule is CCCC(=O)N1C2CCC1CC(NC(=O)c1cnc(C)cn1)C2. The highest BCUT2D eigenvalue weighted by molar-refractivity contribution is 5.92. The van der Waals surface area contributed by atoms with E-state index in [1.54, 1.807) is 6.20 Å². The number of hydrogen-bond acceptors (Lipinski definition) is 4. The van der Waals surface area contributed by atoms with Gasteiger partial charge in [-0.25, -0.2) is 4.98 Å². The maximum Gasteiger partial charge on any atom is 0.271 e. The first-order valence-corrected chi connectivity index (χ1v) is 8.49. The number of aromatic nitrogens is 2. The molecule has 23 heavy (non-hydrogen) atoms. The molecule has 0 saturated carbocycles. The van der Waals surface area contributed by atoms with Crippen molar-refractivity contribution in [1.82, 2.24) is 20.2 Å². The Balaban J connectivity index is 1.61. The van der Waals surface area contributed by atoms with Crippen LogP contribution in [-0.2, 0) is 4.79 Å². The Bertz CT molecular complexity index is 573. The first-order chi connectivity index (χ1) is 11.1. The zero-order chi connectivity index (χ0) is 16.4. The molecule has 3 rings (SSSR count). The van der Waals surface area contributed by atoms with Crippen molar-refractivity contribution in [2.45, 2.75) is 70.5 Å². The molecule has 0 aliphatic carbocycles. The maximum absolute atomic E-state index is 12.3. The Morgan fingerprint density at radius 3 is 2.48 bits per heavy atom. The maximum atomic E-state index is 12.3. The smallest absolute Gasteiger partial charge is 0.271 e. The van der Waals surface area contributed by atoms with Crippen LogP contribution in [0.2, 0.25) is 0 Å². The summed E-state index contributed by atoms with van der Waals surface area (Å²) in [6.07, 6.45) is 8.43. The standard InChI is InChI=1S/C17H24N4O2/c1-3-4-16(22)21-13-5-6-14(21)8-12(7-13)20-17(23)15-10-18-11(2)9-19-15/h9-10,12-14H,3-8H2,1-2H3,(H,20,23). The molecule has 2 saturated heterocycles. The molecule has 1 aromatic rings. The van der Waals surface area contributed by atoms with Crippen LogP contribution in [0.5, 0.6) is 0 Å². The number of rotatable bonds is 4. The van der Waals surface area contributed by atoms with Crippen LogP contribution in [0.25, 0.3) is 0 Å². The zero-order valence-electron chi connectivity index (χ0n) is 13.8. The molecular weight excluding hydrogens is 292 g/mol. The van der Waals surface area contributed by atoms with Crippen LogP contribution in [0.1, 0.15) is 61.6 Å². The number of carbonyl (C=O) groups excluding carboxylic acids is 2. The second kappa shape index (κ2) is 6.64. The van der Waals surface area contributed by atoms with Gasteiger partial charge in [0, 0.05) is 30.7 Å². The van der Waals surface area contributed by atoms with E-state index >= 15 is 0 Å². The quantitative estimate of drug-likeness (QED) is 0.919. The highest BCUT2D eigenvalue weighted by atomic mass is 16.2. The van der Waals surface area contributed by atoms with Gasteiger partial charge < -0.3 is 10.2 Å². The zero-order valence-corrected chi connectivity index (χ0v) is 13.8. The minimum absolute atomic E-state index is 0.119. The fourth-order valence-electron chi connectivity index (χ4n) is 3.81. The van der Waals surface area contributed by atoms with Crippen LogP contribution >= 0.6 is 0 Å². The van der Waals surface area contributed by atoms with E-state index in [0.29, 0.717) is 12.1 Å². The number of piperidine rings is 1. The largest absolute Gasteiger partial charge is 0.348 e. The minimum atomic E-state index is -0.171. The van der Waals surface area contributed by atoms with Gasteiger partial charge in [0.2, 0.25) is 5.91 Å². The lowest BCUT2D eigenvalue weighted by molar-refractivity contribution is -0.135. The van der Waals surface area contributed by atoms with Crippen molar-refractivity contribution < 1.29 is 9.59 Å². The first kappa shape index (κ1) is 15.9. The number of amides is 2. The lowest BCUT2D eigenvalue weighted by Gasteiger charge is -2.39. The van der Waals surface area contributed by atoms with Gasteiger partial charge in [-0.1, -0.05) is 6.92 Å². The molecule has 0 spiro atoms. The second-order valence-electron chi connectivity index (χ2n) is 6.62. The van der Waals surface area contributed by atoms with E-state index in [4.69, 9.17) is 0 Å². The number of hydrogen-bond donors (Lipinski definition) is 1. The van der Waals surface area contributed by atoms with E-state index in [0.717, 1.165) is 37.8 Å². The number of nitrogens with one attached hydrogen (secondary N) is 1. The van der Waals surface area contributed by atoms with E-state index in [2.05, 4.69) is 20.2 Å². The summed E-state index contributed by atoms with van der Waals surface area (Å²) < 4.78 is 0. The molecule has 2 atom stereocenters. The van der Waals surface area contributed by atoms with Crippen molar-refractivity contribution in [3.05, 3.63) is 23.8 Å².